The fourth-order valence-corrected chi connectivity index (χ4v) is 4.80. The zero-order chi connectivity index (χ0) is 20.7. The number of anilines is 1. The van der Waals surface area contributed by atoms with Crippen LogP contribution in [0.4, 0.5) is 5.69 Å². The minimum absolute atomic E-state index is 0.0492. The maximum atomic E-state index is 13.4. The highest BCUT2D eigenvalue weighted by atomic mass is 32.1. The van der Waals surface area contributed by atoms with Gasteiger partial charge < -0.3 is 15.2 Å². The maximum absolute atomic E-state index is 13.4. The minimum Gasteiger partial charge on any atom is -0.370 e. The van der Waals surface area contributed by atoms with Gasteiger partial charge in [0.15, 0.2) is 10.6 Å². The van der Waals surface area contributed by atoms with Gasteiger partial charge >= 0.3 is 0 Å². The second kappa shape index (κ2) is 7.70. The summed E-state index contributed by atoms with van der Waals surface area (Å²) in [6.07, 6.45) is 8.92. The third kappa shape index (κ3) is 3.32. The SMILES string of the molecule is CCn1ccnc1Cc1cn(-c2nccs2)c2cc(N3CCC(N)C3)ccc2c1=O. The van der Waals surface area contributed by atoms with Crippen LogP contribution in [0.2, 0.25) is 0 Å². The lowest BCUT2D eigenvalue weighted by Gasteiger charge is -2.20. The number of aryl methyl sites for hydroxylation is 1. The van der Waals surface area contributed by atoms with Gasteiger partial charge in [0, 0.05) is 78.9 Å². The number of hydrogen-bond donors (Lipinski definition) is 1. The predicted molar refractivity (Wildman–Crippen MR) is 121 cm³/mol. The van der Waals surface area contributed by atoms with Gasteiger partial charge in [-0.2, -0.15) is 0 Å². The van der Waals surface area contributed by atoms with Crippen LogP contribution < -0.4 is 16.1 Å². The van der Waals surface area contributed by atoms with Gasteiger partial charge in [-0.1, -0.05) is 0 Å². The molecular weight excluding hydrogens is 396 g/mol. The molecule has 30 heavy (non-hydrogen) atoms. The summed E-state index contributed by atoms with van der Waals surface area (Å²) < 4.78 is 4.10. The highest BCUT2D eigenvalue weighted by molar-refractivity contribution is 7.12. The van der Waals surface area contributed by atoms with E-state index < -0.39 is 0 Å². The Hall–Kier alpha value is -2.97. The summed E-state index contributed by atoms with van der Waals surface area (Å²) in [6.45, 7) is 4.67. The molecule has 5 rings (SSSR count). The van der Waals surface area contributed by atoms with Gasteiger partial charge in [0.05, 0.1) is 5.52 Å². The quantitative estimate of drug-likeness (QED) is 0.537. The van der Waals surface area contributed by atoms with Crippen LogP contribution in [-0.2, 0) is 13.0 Å². The number of rotatable bonds is 5. The van der Waals surface area contributed by atoms with Crippen LogP contribution in [0, 0.1) is 0 Å². The Morgan fingerprint density at radius 3 is 2.90 bits per heavy atom. The smallest absolute Gasteiger partial charge is 0.193 e. The van der Waals surface area contributed by atoms with Crippen LogP contribution >= 0.6 is 11.3 Å². The Morgan fingerprint density at radius 1 is 1.27 bits per heavy atom. The molecule has 7 nitrogen and oxygen atoms in total. The average Bonchev–Trinajstić information content (AvgIpc) is 3.51. The highest BCUT2D eigenvalue weighted by Crippen LogP contribution is 2.27. The van der Waals surface area contributed by atoms with Gasteiger partial charge in [-0.05, 0) is 31.5 Å². The van der Waals surface area contributed by atoms with E-state index in [1.807, 2.05) is 34.5 Å². The Bertz CT molecular complexity index is 1240. The summed E-state index contributed by atoms with van der Waals surface area (Å²) in [6, 6.07) is 6.26. The van der Waals surface area contributed by atoms with Crippen molar-refractivity contribution in [1.29, 1.82) is 0 Å². The molecule has 8 heteroatoms. The maximum Gasteiger partial charge on any atom is 0.193 e. The number of nitrogens with zero attached hydrogens (tertiary/aromatic N) is 5. The Kier molecular flexibility index (Phi) is 4.88. The molecule has 4 aromatic rings. The summed E-state index contributed by atoms with van der Waals surface area (Å²) in [5, 5.41) is 3.49. The van der Waals surface area contributed by atoms with Crippen LogP contribution in [0.1, 0.15) is 24.7 Å². The lowest BCUT2D eigenvalue weighted by atomic mass is 10.1. The number of fused-ring (bicyclic) bond motifs is 1. The van der Waals surface area contributed by atoms with E-state index in [2.05, 4.69) is 32.4 Å². The highest BCUT2D eigenvalue weighted by Gasteiger charge is 2.21. The van der Waals surface area contributed by atoms with Crippen molar-refractivity contribution in [3.63, 3.8) is 0 Å². The van der Waals surface area contributed by atoms with Gasteiger partial charge in [0.1, 0.15) is 5.82 Å². The van der Waals surface area contributed by atoms with E-state index in [0.717, 1.165) is 53.8 Å². The standard InChI is InChI=1S/C22H24N6OS/c1-2-26-9-6-24-20(26)11-15-13-28(22-25-7-10-30-22)19-12-17(3-4-18(19)21(15)29)27-8-5-16(23)14-27/h3-4,6-7,9-10,12-13,16H,2,5,8,11,14,23H2,1H3. The van der Waals surface area contributed by atoms with Crippen LogP contribution in [0.3, 0.4) is 0 Å². The third-order valence-electron chi connectivity index (χ3n) is 5.77. The minimum atomic E-state index is 0.0492. The van der Waals surface area contributed by atoms with Gasteiger partial charge in [-0.25, -0.2) is 9.97 Å². The molecule has 0 radical (unpaired) electrons. The molecule has 1 saturated heterocycles. The molecule has 3 aromatic heterocycles. The normalized spacial score (nSPS) is 16.6. The third-order valence-corrected chi connectivity index (χ3v) is 6.54. The Balaban J connectivity index is 1.66. The van der Waals surface area contributed by atoms with Gasteiger partial charge in [-0.15, -0.1) is 11.3 Å². The second-order valence-electron chi connectivity index (χ2n) is 7.67. The van der Waals surface area contributed by atoms with Gasteiger partial charge in [0.25, 0.3) is 0 Å². The molecule has 0 spiro atoms. The molecular formula is C22H24N6OS. The van der Waals surface area contributed by atoms with Crippen molar-refractivity contribution in [1.82, 2.24) is 19.1 Å². The summed E-state index contributed by atoms with van der Waals surface area (Å²) in [5.74, 6) is 0.891. The van der Waals surface area contributed by atoms with E-state index in [1.54, 1.807) is 23.7 Å². The molecule has 0 aliphatic carbocycles. The van der Waals surface area contributed by atoms with E-state index in [0.29, 0.717) is 11.8 Å². The first-order chi connectivity index (χ1) is 14.6. The van der Waals surface area contributed by atoms with Crippen molar-refractivity contribution in [2.24, 2.45) is 5.73 Å². The molecule has 1 atom stereocenters. The van der Waals surface area contributed by atoms with E-state index in [1.165, 1.54) is 0 Å². The first-order valence-corrected chi connectivity index (χ1v) is 11.1. The van der Waals surface area contributed by atoms with Crippen LogP contribution in [0.25, 0.3) is 16.0 Å². The molecule has 1 unspecified atom stereocenters. The largest absolute Gasteiger partial charge is 0.370 e. The van der Waals surface area contributed by atoms with Gasteiger partial charge in [-0.3, -0.25) is 9.36 Å². The van der Waals surface area contributed by atoms with Crippen LogP contribution in [-0.4, -0.2) is 38.2 Å². The monoisotopic (exact) mass is 420 g/mol. The number of hydrogen-bond acceptors (Lipinski definition) is 6. The number of benzene rings is 1. The predicted octanol–water partition coefficient (Wildman–Crippen LogP) is 2.79. The number of imidazole rings is 1. The number of thiazole rings is 1. The second-order valence-corrected chi connectivity index (χ2v) is 8.54. The lowest BCUT2D eigenvalue weighted by Crippen LogP contribution is -2.26. The van der Waals surface area contributed by atoms with Crippen molar-refractivity contribution < 1.29 is 0 Å². The first-order valence-electron chi connectivity index (χ1n) is 10.2. The van der Waals surface area contributed by atoms with E-state index in [4.69, 9.17) is 5.73 Å². The molecule has 1 aliphatic heterocycles. The average molecular weight is 421 g/mol. The summed E-state index contributed by atoms with van der Waals surface area (Å²) in [5.41, 5.74) is 8.83. The number of nitrogens with two attached hydrogens (primary N) is 1. The lowest BCUT2D eigenvalue weighted by molar-refractivity contribution is 0.711. The zero-order valence-corrected chi connectivity index (χ0v) is 17.7. The van der Waals surface area contributed by atoms with Crippen LogP contribution in [0.15, 0.2) is 53.2 Å². The van der Waals surface area contributed by atoms with Crippen molar-refractivity contribution >= 4 is 27.9 Å². The first kappa shape index (κ1) is 19.0. The summed E-state index contributed by atoms with van der Waals surface area (Å²) >= 11 is 1.55. The molecule has 4 heterocycles. The summed E-state index contributed by atoms with van der Waals surface area (Å²) in [7, 11) is 0. The summed E-state index contributed by atoms with van der Waals surface area (Å²) in [4.78, 5) is 24.6. The molecule has 0 amide bonds. The van der Waals surface area contributed by atoms with Crippen molar-refractivity contribution in [3.8, 4) is 5.13 Å². The van der Waals surface area contributed by atoms with Gasteiger partial charge in [0.2, 0.25) is 0 Å². The van der Waals surface area contributed by atoms with E-state index in [9.17, 15) is 4.79 Å². The molecule has 0 bridgehead atoms. The Labute approximate surface area is 178 Å². The van der Waals surface area contributed by atoms with Crippen LogP contribution in [0.5, 0.6) is 0 Å². The number of aromatic nitrogens is 4. The fourth-order valence-electron chi connectivity index (χ4n) is 4.17. The van der Waals surface area contributed by atoms with E-state index >= 15 is 0 Å². The molecule has 154 valence electrons. The molecule has 1 aliphatic rings. The molecule has 1 fully saturated rings. The Morgan fingerprint density at radius 2 is 2.17 bits per heavy atom. The fraction of sp³-hybridized carbons (Fsp3) is 0.318. The van der Waals surface area contributed by atoms with Crippen molar-refractivity contribution in [3.05, 3.63) is 70.0 Å². The molecule has 1 aromatic carbocycles. The van der Waals surface area contributed by atoms with Crippen molar-refractivity contribution in [2.45, 2.75) is 32.4 Å². The molecule has 0 saturated carbocycles. The van der Waals surface area contributed by atoms with E-state index in [-0.39, 0.29) is 11.5 Å². The zero-order valence-electron chi connectivity index (χ0n) is 16.9. The number of pyridine rings is 1. The molecule has 2 N–H and O–H groups in total. The topological polar surface area (TPSA) is 82.0 Å². The van der Waals surface area contributed by atoms with Crippen molar-refractivity contribution in [2.75, 3.05) is 18.0 Å².